The number of carbonyl (C=O) groups excluding carboxylic acids is 5. The van der Waals surface area contributed by atoms with E-state index in [0.29, 0.717) is 31.0 Å². The summed E-state index contributed by atoms with van der Waals surface area (Å²) in [5.41, 5.74) is 1.92. The van der Waals surface area contributed by atoms with Crippen LogP contribution in [-0.2, 0) is 25.7 Å². The van der Waals surface area contributed by atoms with Crippen molar-refractivity contribution in [1.82, 2.24) is 25.8 Å². The van der Waals surface area contributed by atoms with E-state index in [2.05, 4.69) is 20.9 Å². The van der Waals surface area contributed by atoms with Crippen molar-refractivity contribution < 1.29 is 28.7 Å². The van der Waals surface area contributed by atoms with E-state index in [9.17, 15) is 24.0 Å². The summed E-state index contributed by atoms with van der Waals surface area (Å²) in [6.07, 6.45) is 3.16. The summed E-state index contributed by atoms with van der Waals surface area (Å²) in [7, 11) is 1.57. The number of hydrogen-bond acceptors (Lipinski definition) is 6. The highest BCUT2D eigenvalue weighted by atomic mass is 16.5. The summed E-state index contributed by atoms with van der Waals surface area (Å²) >= 11 is 0. The minimum Gasteiger partial charge on any atom is -0.496 e. The van der Waals surface area contributed by atoms with Gasteiger partial charge in [0.15, 0.2) is 0 Å². The molecule has 3 heterocycles. The zero-order valence-electron chi connectivity index (χ0n) is 24.6. The van der Waals surface area contributed by atoms with E-state index in [1.807, 2.05) is 48.5 Å². The summed E-state index contributed by atoms with van der Waals surface area (Å²) in [6, 6.07) is 14.4. The number of ether oxygens (including phenoxy) is 1. The number of likely N-dealkylation sites (tertiary alicyclic amines) is 1. The quantitative estimate of drug-likeness (QED) is 0.263. The van der Waals surface area contributed by atoms with Gasteiger partial charge in [0.05, 0.1) is 13.2 Å². The van der Waals surface area contributed by atoms with Gasteiger partial charge in [-0.25, -0.2) is 0 Å². The summed E-state index contributed by atoms with van der Waals surface area (Å²) in [5.74, 6) is -2.40. The molecule has 6 rings (SSSR count). The fraction of sp³-hybridized carbons (Fsp3) is 0.424. The number of aromatic nitrogens is 1. The third-order valence-electron chi connectivity index (χ3n) is 9.33. The number of fused-ring (bicyclic) bond motifs is 2. The molecular weight excluding hydrogens is 562 g/mol. The Hall–Kier alpha value is -4.67. The fourth-order valence-electron chi connectivity index (χ4n) is 7.09. The number of hydrogen-bond donors (Lipinski definition) is 4. The number of nitrogens with one attached hydrogen (secondary N) is 4. The predicted octanol–water partition coefficient (Wildman–Crippen LogP) is 2.31. The standard InChI is InChI=1S/C33H37N5O6/c1-44-27-12-6-11-24-23(27)16-26(36-24)33(43)38-18-21-9-5-10-22(21)28(38)31(41)37-25(15-20-13-14-34-30(20)40)29(39)32(42)35-17-19-7-3-2-4-8-19/h2-4,6-8,11-12,16,20-22,25,28,36H,5,9-10,13-15,17-18H2,1H3,(H,34,40)(H,35,42)(H,37,41). The maximum absolute atomic E-state index is 14.1. The number of H-pyrrole nitrogens is 1. The van der Waals surface area contributed by atoms with Gasteiger partial charge in [-0.1, -0.05) is 42.8 Å². The van der Waals surface area contributed by atoms with Crippen LogP contribution in [0.15, 0.2) is 54.6 Å². The lowest BCUT2D eigenvalue weighted by molar-refractivity contribution is -0.141. The summed E-state index contributed by atoms with van der Waals surface area (Å²) in [5, 5.41) is 9.00. The average molecular weight is 600 g/mol. The van der Waals surface area contributed by atoms with E-state index in [4.69, 9.17) is 4.74 Å². The Morgan fingerprint density at radius 1 is 1.05 bits per heavy atom. The number of carbonyl (C=O) groups is 5. The van der Waals surface area contributed by atoms with Crippen molar-refractivity contribution in [3.8, 4) is 5.75 Å². The van der Waals surface area contributed by atoms with Gasteiger partial charge in [-0.05, 0) is 61.3 Å². The zero-order valence-corrected chi connectivity index (χ0v) is 24.6. The van der Waals surface area contributed by atoms with Crippen molar-refractivity contribution in [2.45, 2.75) is 50.7 Å². The Labute approximate surface area is 255 Å². The van der Waals surface area contributed by atoms with E-state index in [0.717, 1.165) is 35.7 Å². The number of aromatic amines is 1. The molecule has 0 spiro atoms. The van der Waals surface area contributed by atoms with Crippen molar-refractivity contribution in [2.24, 2.45) is 17.8 Å². The Bertz CT molecular complexity index is 1590. The van der Waals surface area contributed by atoms with Crippen LogP contribution in [0.3, 0.4) is 0 Å². The van der Waals surface area contributed by atoms with Gasteiger partial charge in [-0.3, -0.25) is 24.0 Å². The smallest absolute Gasteiger partial charge is 0.289 e. The number of methoxy groups -OCH3 is 1. The van der Waals surface area contributed by atoms with E-state index in [1.54, 1.807) is 18.1 Å². The monoisotopic (exact) mass is 599 g/mol. The first-order valence-electron chi connectivity index (χ1n) is 15.2. The summed E-state index contributed by atoms with van der Waals surface area (Å²) in [6.45, 7) is 1.05. The van der Waals surface area contributed by atoms with Crippen LogP contribution >= 0.6 is 0 Å². The lowest BCUT2D eigenvalue weighted by Gasteiger charge is -2.29. The topological polar surface area (TPSA) is 150 Å². The maximum Gasteiger partial charge on any atom is 0.289 e. The van der Waals surface area contributed by atoms with Crippen LogP contribution in [0.5, 0.6) is 5.75 Å². The Morgan fingerprint density at radius 3 is 2.61 bits per heavy atom. The highest BCUT2D eigenvalue weighted by Gasteiger charge is 2.50. The van der Waals surface area contributed by atoms with Crippen molar-refractivity contribution in [3.05, 3.63) is 65.9 Å². The molecule has 5 unspecified atom stereocenters. The van der Waals surface area contributed by atoms with Gasteiger partial charge in [0, 0.05) is 36.5 Å². The molecule has 2 saturated heterocycles. The molecule has 3 fully saturated rings. The number of rotatable bonds is 10. The van der Waals surface area contributed by atoms with E-state index in [1.165, 1.54) is 0 Å². The molecule has 11 heteroatoms. The number of ketones is 1. The molecule has 4 amide bonds. The molecule has 0 bridgehead atoms. The minimum atomic E-state index is -1.21. The molecule has 1 aromatic heterocycles. The van der Waals surface area contributed by atoms with Crippen LogP contribution in [0, 0.1) is 17.8 Å². The minimum absolute atomic E-state index is 0.00569. The molecule has 5 atom stereocenters. The highest BCUT2D eigenvalue weighted by molar-refractivity contribution is 6.38. The lowest BCUT2D eigenvalue weighted by Crippen LogP contribution is -2.55. The molecule has 230 valence electrons. The third kappa shape index (κ3) is 5.78. The van der Waals surface area contributed by atoms with E-state index in [-0.39, 0.29) is 36.6 Å². The molecule has 1 saturated carbocycles. The second-order valence-electron chi connectivity index (χ2n) is 12.0. The van der Waals surface area contributed by atoms with Crippen LogP contribution in [-0.4, -0.2) is 71.6 Å². The summed E-state index contributed by atoms with van der Waals surface area (Å²) < 4.78 is 5.45. The average Bonchev–Trinajstić information content (AvgIpc) is 3.83. The molecule has 4 N–H and O–H groups in total. The third-order valence-corrected chi connectivity index (χ3v) is 9.33. The van der Waals surface area contributed by atoms with Crippen molar-refractivity contribution >= 4 is 40.3 Å². The largest absolute Gasteiger partial charge is 0.496 e. The number of Topliss-reactive ketones (excluding diaryl/α,β-unsaturated/α-hetero) is 1. The van der Waals surface area contributed by atoms with Crippen LogP contribution in [0.1, 0.15) is 48.2 Å². The molecule has 2 aliphatic heterocycles. The van der Waals surface area contributed by atoms with Gasteiger partial charge in [-0.2, -0.15) is 0 Å². The van der Waals surface area contributed by atoms with Crippen molar-refractivity contribution in [3.63, 3.8) is 0 Å². The second kappa shape index (κ2) is 12.5. The lowest BCUT2D eigenvalue weighted by atomic mass is 9.91. The molecule has 3 aliphatic rings. The normalized spacial score (nSPS) is 23.2. The zero-order chi connectivity index (χ0) is 30.8. The van der Waals surface area contributed by atoms with Gasteiger partial charge >= 0.3 is 0 Å². The second-order valence-corrected chi connectivity index (χ2v) is 12.0. The maximum atomic E-state index is 14.1. The van der Waals surface area contributed by atoms with Crippen LogP contribution in [0.2, 0.25) is 0 Å². The number of benzene rings is 2. The predicted molar refractivity (Wildman–Crippen MR) is 161 cm³/mol. The first-order chi connectivity index (χ1) is 21.3. The first-order valence-corrected chi connectivity index (χ1v) is 15.2. The molecule has 2 aromatic carbocycles. The molecule has 0 radical (unpaired) electrons. The fourth-order valence-corrected chi connectivity index (χ4v) is 7.09. The molecule has 1 aliphatic carbocycles. The first kappa shape index (κ1) is 29.4. The van der Waals surface area contributed by atoms with Crippen LogP contribution in [0.25, 0.3) is 10.9 Å². The van der Waals surface area contributed by atoms with Crippen LogP contribution < -0.4 is 20.7 Å². The molecule has 44 heavy (non-hydrogen) atoms. The Kier molecular flexibility index (Phi) is 8.36. The SMILES string of the molecule is COc1cccc2[nH]c(C(=O)N3CC4CCCC4C3C(=O)NC(CC3CCNC3=O)C(=O)C(=O)NCc3ccccc3)cc12. The van der Waals surface area contributed by atoms with Gasteiger partial charge in [0.25, 0.3) is 11.8 Å². The van der Waals surface area contributed by atoms with Crippen molar-refractivity contribution in [1.29, 1.82) is 0 Å². The van der Waals surface area contributed by atoms with Gasteiger partial charge in [0.2, 0.25) is 17.6 Å². The number of amides is 4. The number of nitrogens with zero attached hydrogens (tertiary/aromatic N) is 1. The highest BCUT2D eigenvalue weighted by Crippen LogP contribution is 2.43. The molecule has 3 aromatic rings. The van der Waals surface area contributed by atoms with E-state index >= 15 is 0 Å². The molecule has 11 nitrogen and oxygen atoms in total. The van der Waals surface area contributed by atoms with Gasteiger partial charge in [-0.15, -0.1) is 0 Å². The molecular formula is C33H37N5O6. The Balaban J connectivity index is 1.23. The summed E-state index contributed by atoms with van der Waals surface area (Å²) in [4.78, 5) is 71.7. The van der Waals surface area contributed by atoms with E-state index < -0.39 is 35.6 Å². The van der Waals surface area contributed by atoms with Crippen molar-refractivity contribution in [2.75, 3.05) is 20.2 Å². The van der Waals surface area contributed by atoms with Gasteiger partial charge in [0.1, 0.15) is 17.5 Å². The Morgan fingerprint density at radius 2 is 1.86 bits per heavy atom. The van der Waals surface area contributed by atoms with Crippen LogP contribution in [0.4, 0.5) is 0 Å². The van der Waals surface area contributed by atoms with Gasteiger partial charge < -0.3 is 30.6 Å².